The molecule has 1 aliphatic rings. The van der Waals surface area contributed by atoms with Crippen LogP contribution in [-0.2, 0) is 4.79 Å². The minimum Gasteiger partial charge on any atom is -0.389 e. The van der Waals surface area contributed by atoms with Gasteiger partial charge in [0, 0.05) is 11.3 Å². The molecule has 3 N–H and O–H groups in total. The first-order chi connectivity index (χ1) is 10.1. The van der Waals surface area contributed by atoms with Crippen LogP contribution in [0.5, 0.6) is 0 Å². The Morgan fingerprint density at radius 1 is 1.29 bits per heavy atom. The Bertz CT molecular complexity index is 510. The number of nitrogens with two attached hydrogens (primary N) is 1. The van der Waals surface area contributed by atoms with Gasteiger partial charge in [-0.3, -0.25) is 9.69 Å². The molecule has 5 heteroatoms. The second kappa shape index (κ2) is 7.52. The van der Waals surface area contributed by atoms with Gasteiger partial charge in [0.1, 0.15) is 4.99 Å². The van der Waals surface area contributed by atoms with Crippen LogP contribution < -0.4 is 11.1 Å². The van der Waals surface area contributed by atoms with E-state index in [1.54, 1.807) is 0 Å². The minimum atomic E-state index is -0.114. The number of anilines is 1. The van der Waals surface area contributed by atoms with Crippen LogP contribution in [0.15, 0.2) is 24.3 Å². The van der Waals surface area contributed by atoms with E-state index in [1.165, 1.54) is 25.7 Å². The van der Waals surface area contributed by atoms with Crippen molar-refractivity contribution in [3.05, 3.63) is 29.8 Å². The normalized spacial score (nSPS) is 17.8. The predicted molar refractivity (Wildman–Crippen MR) is 90.5 cm³/mol. The summed E-state index contributed by atoms with van der Waals surface area (Å²) < 4.78 is 0. The first kappa shape index (κ1) is 15.9. The summed E-state index contributed by atoms with van der Waals surface area (Å²) in [6.45, 7) is 3.97. The highest BCUT2D eigenvalue weighted by Crippen LogP contribution is 2.15. The van der Waals surface area contributed by atoms with Crippen LogP contribution in [0.2, 0.25) is 0 Å². The van der Waals surface area contributed by atoms with Crippen LogP contribution in [0.1, 0.15) is 38.2 Å². The van der Waals surface area contributed by atoms with Gasteiger partial charge >= 0.3 is 0 Å². The highest BCUT2D eigenvalue weighted by Gasteiger charge is 2.22. The fourth-order valence-electron chi connectivity index (χ4n) is 2.65. The summed E-state index contributed by atoms with van der Waals surface area (Å²) >= 11 is 4.96. The van der Waals surface area contributed by atoms with E-state index in [4.69, 9.17) is 18.0 Å². The lowest BCUT2D eigenvalue weighted by molar-refractivity contribution is -0.120. The van der Waals surface area contributed by atoms with Crippen LogP contribution in [0.25, 0.3) is 0 Å². The van der Waals surface area contributed by atoms with Crippen LogP contribution in [0, 0.1) is 0 Å². The Labute approximate surface area is 131 Å². The third kappa shape index (κ3) is 4.51. The van der Waals surface area contributed by atoms with Crippen molar-refractivity contribution in [3.63, 3.8) is 0 Å². The number of nitrogens with one attached hydrogen (secondary N) is 1. The topological polar surface area (TPSA) is 58.4 Å². The Balaban J connectivity index is 1.99. The fourth-order valence-corrected chi connectivity index (χ4v) is 2.77. The lowest BCUT2D eigenvalue weighted by Gasteiger charge is -2.26. The Hall–Kier alpha value is -1.46. The number of carbonyl (C=O) groups excluding carboxylic acids is 1. The molecule has 114 valence electrons. The third-order valence-corrected chi connectivity index (χ3v) is 4.22. The maximum absolute atomic E-state index is 12.4. The summed E-state index contributed by atoms with van der Waals surface area (Å²) in [5.74, 6) is 0.0250. The third-order valence-electron chi connectivity index (χ3n) is 3.98. The summed E-state index contributed by atoms with van der Waals surface area (Å²) in [5.41, 5.74) is 7.13. The monoisotopic (exact) mass is 305 g/mol. The first-order valence-corrected chi connectivity index (χ1v) is 7.93. The van der Waals surface area contributed by atoms with Crippen LogP contribution in [-0.4, -0.2) is 34.9 Å². The Morgan fingerprint density at radius 2 is 1.95 bits per heavy atom. The molecule has 4 nitrogen and oxygen atoms in total. The second-order valence-corrected chi connectivity index (χ2v) is 6.00. The van der Waals surface area contributed by atoms with Gasteiger partial charge in [-0.15, -0.1) is 0 Å². The number of nitrogens with zero attached hydrogens (tertiary/aromatic N) is 1. The van der Waals surface area contributed by atoms with Gasteiger partial charge in [-0.05, 0) is 45.0 Å². The number of rotatable bonds is 4. The number of carbonyl (C=O) groups is 1. The zero-order valence-electron chi connectivity index (χ0n) is 12.5. The van der Waals surface area contributed by atoms with E-state index in [0.717, 1.165) is 24.3 Å². The zero-order valence-corrected chi connectivity index (χ0v) is 13.3. The summed E-state index contributed by atoms with van der Waals surface area (Å²) in [4.78, 5) is 15.0. The van der Waals surface area contributed by atoms with Crippen molar-refractivity contribution in [1.82, 2.24) is 4.90 Å². The molecule has 0 radical (unpaired) electrons. The molecule has 0 bridgehead atoms. The molecule has 1 aromatic carbocycles. The number of amides is 1. The van der Waals surface area contributed by atoms with E-state index in [2.05, 4.69) is 10.2 Å². The molecular formula is C16H23N3OS. The number of thiocarbonyl (C=S) groups is 1. The van der Waals surface area contributed by atoms with E-state index in [9.17, 15) is 4.79 Å². The van der Waals surface area contributed by atoms with Gasteiger partial charge in [-0.25, -0.2) is 0 Å². The highest BCUT2D eigenvalue weighted by molar-refractivity contribution is 7.80. The molecule has 0 saturated carbocycles. The molecule has 1 unspecified atom stereocenters. The fraction of sp³-hybridized carbons (Fsp3) is 0.500. The average Bonchev–Trinajstić information content (AvgIpc) is 2.75. The van der Waals surface area contributed by atoms with Crippen LogP contribution >= 0.6 is 12.2 Å². The largest absolute Gasteiger partial charge is 0.389 e. The van der Waals surface area contributed by atoms with Gasteiger partial charge < -0.3 is 11.1 Å². The summed E-state index contributed by atoms with van der Waals surface area (Å²) in [7, 11) is 0. The lowest BCUT2D eigenvalue weighted by atomic mass is 10.2. The molecule has 0 spiro atoms. The predicted octanol–water partition coefficient (Wildman–Crippen LogP) is 2.52. The van der Waals surface area contributed by atoms with Gasteiger partial charge in [-0.1, -0.05) is 37.2 Å². The zero-order chi connectivity index (χ0) is 15.2. The molecule has 1 atom stereocenters. The molecule has 1 heterocycles. The number of hydrogen-bond acceptors (Lipinski definition) is 3. The van der Waals surface area contributed by atoms with Crippen molar-refractivity contribution in [3.8, 4) is 0 Å². The maximum Gasteiger partial charge on any atom is 0.241 e. The molecule has 2 rings (SSSR count). The van der Waals surface area contributed by atoms with E-state index in [1.807, 2.05) is 31.2 Å². The quantitative estimate of drug-likeness (QED) is 0.839. The van der Waals surface area contributed by atoms with E-state index >= 15 is 0 Å². The van der Waals surface area contributed by atoms with Crippen molar-refractivity contribution < 1.29 is 4.79 Å². The average molecular weight is 305 g/mol. The van der Waals surface area contributed by atoms with Crippen molar-refractivity contribution in [2.75, 3.05) is 18.4 Å². The van der Waals surface area contributed by atoms with Crippen LogP contribution in [0.4, 0.5) is 5.69 Å². The van der Waals surface area contributed by atoms with Crippen molar-refractivity contribution in [2.24, 2.45) is 5.73 Å². The maximum atomic E-state index is 12.4. The van der Waals surface area contributed by atoms with E-state index in [0.29, 0.717) is 4.99 Å². The second-order valence-electron chi connectivity index (χ2n) is 5.56. The van der Waals surface area contributed by atoms with Gasteiger partial charge in [-0.2, -0.15) is 0 Å². The Kier molecular flexibility index (Phi) is 5.70. The molecule has 1 fully saturated rings. The Morgan fingerprint density at radius 3 is 2.57 bits per heavy atom. The molecule has 1 aromatic rings. The highest BCUT2D eigenvalue weighted by atomic mass is 32.1. The molecule has 1 aliphatic heterocycles. The summed E-state index contributed by atoms with van der Waals surface area (Å²) in [6, 6.07) is 7.25. The summed E-state index contributed by atoms with van der Waals surface area (Å²) in [5, 5.41) is 2.96. The van der Waals surface area contributed by atoms with Gasteiger partial charge in [0.05, 0.1) is 6.04 Å². The summed E-state index contributed by atoms with van der Waals surface area (Å²) in [6.07, 6.45) is 4.88. The molecule has 0 aromatic heterocycles. The first-order valence-electron chi connectivity index (χ1n) is 7.52. The number of likely N-dealkylation sites (tertiary alicyclic amines) is 1. The van der Waals surface area contributed by atoms with Crippen molar-refractivity contribution >= 4 is 28.8 Å². The van der Waals surface area contributed by atoms with E-state index in [-0.39, 0.29) is 11.9 Å². The molecule has 1 saturated heterocycles. The molecule has 1 amide bonds. The molecule has 0 aliphatic carbocycles. The minimum absolute atomic E-state index is 0.0250. The van der Waals surface area contributed by atoms with Gasteiger partial charge in [0.25, 0.3) is 0 Å². The van der Waals surface area contributed by atoms with E-state index < -0.39 is 0 Å². The number of hydrogen-bond donors (Lipinski definition) is 2. The van der Waals surface area contributed by atoms with Crippen molar-refractivity contribution in [2.45, 2.75) is 38.6 Å². The SMILES string of the molecule is CC(C(=O)Nc1cccc(C(N)=S)c1)N1CCCCCC1. The molecular weight excluding hydrogens is 282 g/mol. The standard InChI is InChI=1S/C16H23N3OS/c1-12(19-9-4-2-3-5-10-19)16(20)18-14-8-6-7-13(11-14)15(17)21/h6-8,11-12H,2-5,9-10H2,1H3,(H2,17,21)(H,18,20). The lowest BCUT2D eigenvalue weighted by Crippen LogP contribution is -2.42. The van der Waals surface area contributed by atoms with Gasteiger partial charge in [0.15, 0.2) is 0 Å². The number of benzene rings is 1. The molecule has 21 heavy (non-hydrogen) atoms. The van der Waals surface area contributed by atoms with Gasteiger partial charge in [0.2, 0.25) is 5.91 Å². The smallest absolute Gasteiger partial charge is 0.241 e. The van der Waals surface area contributed by atoms with Crippen molar-refractivity contribution in [1.29, 1.82) is 0 Å². The van der Waals surface area contributed by atoms with Crippen LogP contribution in [0.3, 0.4) is 0 Å².